The maximum Gasteiger partial charge on any atom is 0.324 e. The number of urea groups is 1. The van der Waals surface area contributed by atoms with Gasteiger partial charge in [-0.25, -0.2) is 9.18 Å². The highest BCUT2D eigenvalue weighted by Gasteiger charge is 2.20. The van der Waals surface area contributed by atoms with Crippen LogP contribution in [0.1, 0.15) is 26.5 Å². The van der Waals surface area contributed by atoms with Crippen LogP contribution in [-0.4, -0.2) is 42.3 Å². The summed E-state index contributed by atoms with van der Waals surface area (Å²) in [5.74, 6) is 0.558. The molecule has 1 aromatic carbocycles. The molecule has 3 aromatic heterocycles. The van der Waals surface area contributed by atoms with Gasteiger partial charge in [0.15, 0.2) is 0 Å². The number of aromatic nitrogens is 5. The number of benzene rings is 1. The number of rotatable bonds is 7. The third-order valence-corrected chi connectivity index (χ3v) is 5.30. The fourth-order valence-corrected chi connectivity index (χ4v) is 3.37. The van der Waals surface area contributed by atoms with E-state index in [1.165, 1.54) is 12.1 Å². The lowest BCUT2D eigenvalue weighted by Gasteiger charge is -2.13. The van der Waals surface area contributed by atoms with Crippen LogP contribution in [0.25, 0.3) is 11.3 Å². The molecule has 2 amide bonds. The summed E-state index contributed by atoms with van der Waals surface area (Å²) in [5.41, 5.74) is 2.04. The Morgan fingerprint density at radius 2 is 1.92 bits per heavy atom. The fraction of sp³-hybridized carbons (Fsp3) is 0.280. The smallest absolute Gasteiger partial charge is 0.324 e. The molecule has 0 atom stereocenters. The number of carbonyl (C=O) groups excluding carboxylic acids is 1. The molecular weight excluding hydrogens is 465 g/mol. The lowest BCUT2D eigenvalue weighted by molar-refractivity contribution is 0.262. The standard InChI is InChI=1S/C25H28FN7O3/c1-25(2,3)22-13-23(32(4)31-22)30-24(35)29-20-6-5-17(11-19(20)26)36-18-7-8-27-21(12-18)16-14-28-33(15-16)9-10-34/h5-8,11-15,34H,9-10H2,1-4H3,(H2,29,30,35). The zero-order chi connectivity index (χ0) is 25.9. The lowest BCUT2D eigenvalue weighted by atomic mass is 9.92. The van der Waals surface area contributed by atoms with Crippen LogP contribution in [0.4, 0.5) is 20.7 Å². The topological polar surface area (TPSA) is 119 Å². The zero-order valence-corrected chi connectivity index (χ0v) is 20.5. The molecule has 11 heteroatoms. The number of ether oxygens (including phenoxy) is 1. The number of nitrogens with zero attached hydrogens (tertiary/aromatic N) is 5. The van der Waals surface area contributed by atoms with E-state index in [0.717, 1.165) is 11.3 Å². The average Bonchev–Trinajstić information content (AvgIpc) is 3.43. The molecule has 0 aliphatic carbocycles. The molecule has 0 aliphatic rings. The van der Waals surface area contributed by atoms with Crippen molar-refractivity contribution in [1.82, 2.24) is 24.5 Å². The molecule has 0 fully saturated rings. The van der Waals surface area contributed by atoms with Gasteiger partial charge in [0, 0.05) is 48.6 Å². The first-order chi connectivity index (χ1) is 17.1. The molecule has 0 saturated heterocycles. The van der Waals surface area contributed by atoms with Gasteiger partial charge in [-0.15, -0.1) is 0 Å². The Hall–Kier alpha value is -4.25. The van der Waals surface area contributed by atoms with Crippen LogP contribution in [0.5, 0.6) is 11.5 Å². The van der Waals surface area contributed by atoms with Gasteiger partial charge in [0.2, 0.25) is 0 Å². The van der Waals surface area contributed by atoms with Gasteiger partial charge in [0.25, 0.3) is 0 Å². The van der Waals surface area contributed by atoms with Gasteiger partial charge in [-0.05, 0) is 18.2 Å². The second-order valence-electron chi connectivity index (χ2n) is 9.20. The first-order valence-corrected chi connectivity index (χ1v) is 11.3. The third-order valence-electron chi connectivity index (χ3n) is 5.30. The number of hydrogen-bond acceptors (Lipinski definition) is 6. The van der Waals surface area contributed by atoms with E-state index in [1.807, 2.05) is 20.8 Å². The van der Waals surface area contributed by atoms with Crippen LogP contribution < -0.4 is 15.4 Å². The zero-order valence-electron chi connectivity index (χ0n) is 20.5. The second-order valence-corrected chi connectivity index (χ2v) is 9.20. The average molecular weight is 494 g/mol. The molecule has 0 radical (unpaired) electrons. The minimum Gasteiger partial charge on any atom is -0.457 e. The third kappa shape index (κ3) is 5.87. The summed E-state index contributed by atoms with van der Waals surface area (Å²) < 4.78 is 23.7. The minimum atomic E-state index is -0.650. The highest BCUT2D eigenvalue weighted by molar-refractivity contribution is 5.99. The number of anilines is 2. The van der Waals surface area contributed by atoms with Crippen LogP contribution in [0.3, 0.4) is 0 Å². The maximum absolute atomic E-state index is 14.7. The summed E-state index contributed by atoms with van der Waals surface area (Å²) >= 11 is 0. The first-order valence-electron chi connectivity index (χ1n) is 11.3. The van der Waals surface area contributed by atoms with Crippen molar-refractivity contribution in [2.75, 3.05) is 17.2 Å². The normalized spacial score (nSPS) is 11.4. The van der Waals surface area contributed by atoms with E-state index in [0.29, 0.717) is 23.8 Å². The van der Waals surface area contributed by atoms with Crippen LogP contribution in [0.2, 0.25) is 0 Å². The van der Waals surface area contributed by atoms with Crippen LogP contribution in [-0.2, 0) is 19.0 Å². The Bertz CT molecular complexity index is 1370. The predicted octanol–water partition coefficient (Wildman–Crippen LogP) is 4.54. The molecule has 0 aliphatic heterocycles. The van der Waals surface area contributed by atoms with Crippen molar-refractivity contribution in [2.24, 2.45) is 7.05 Å². The Morgan fingerprint density at radius 3 is 2.61 bits per heavy atom. The number of aliphatic hydroxyl groups excluding tert-OH is 1. The minimum absolute atomic E-state index is 0.00442. The molecule has 4 rings (SSSR count). The van der Waals surface area contributed by atoms with Gasteiger partial charge in [-0.3, -0.25) is 19.7 Å². The number of amides is 2. The van der Waals surface area contributed by atoms with Gasteiger partial charge in [0.05, 0.1) is 36.4 Å². The maximum atomic E-state index is 14.7. The van der Waals surface area contributed by atoms with Crippen molar-refractivity contribution < 1.29 is 19.0 Å². The molecular formula is C25H28FN7O3. The van der Waals surface area contributed by atoms with Crippen molar-refractivity contribution in [3.63, 3.8) is 0 Å². The number of aliphatic hydroxyl groups is 1. The van der Waals surface area contributed by atoms with Crippen molar-refractivity contribution in [2.45, 2.75) is 32.7 Å². The number of nitrogens with one attached hydrogen (secondary N) is 2. The van der Waals surface area contributed by atoms with E-state index in [9.17, 15) is 9.18 Å². The van der Waals surface area contributed by atoms with Crippen molar-refractivity contribution >= 4 is 17.5 Å². The number of halogens is 1. The van der Waals surface area contributed by atoms with Crippen molar-refractivity contribution in [3.05, 3.63) is 66.5 Å². The fourth-order valence-electron chi connectivity index (χ4n) is 3.37. The summed E-state index contributed by atoms with van der Waals surface area (Å²) in [6.07, 6.45) is 4.99. The number of pyridine rings is 1. The Balaban J connectivity index is 1.41. The molecule has 0 unspecified atom stereocenters. The van der Waals surface area contributed by atoms with E-state index in [4.69, 9.17) is 9.84 Å². The highest BCUT2D eigenvalue weighted by atomic mass is 19.1. The van der Waals surface area contributed by atoms with E-state index < -0.39 is 11.8 Å². The molecule has 0 saturated carbocycles. The molecule has 188 valence electrons. The lowest BCUT2D eigenvalue weighted by Crippen LogP contribution is -2.21. The number of carbonyl (C=O) groups is 1. The van der Waals surface area contributed by atoms with Crippen LogP contribution in [0.15, 0.2) is 55.0 Å². The first kappa shape index (κ1) is 24.9. The Labute approximate surface area is 207 Å². The van der Waals surface area contributed by atoms with Gasteiger partial charge >= 0.3 is 6.03 Å². The van der Waals surface area contributed by atoms with Gasteiger partial charge in [0.1, 0.15) is 23.1 Å². The molecule has 36 heavy (non-hydrogen) atoms. The molecule has 4 aromatic rings. The largest absolute Gasteiger partial charge is 0.457 e. The quantitative estimate of drug-likeness (QED) is 0.348. The highest BCUT2D eigenvalue weighted by Crippen LogP contribution is 2.28. The van der Waals surface area contributed by atoms with Crippen molar-refractivity contribution in [1.29, 1.82) is 0 Å². The SMILES string of the molecule is Cn1nc(C(C)(C)C)cc1NC(=O)Nc1ccc(Oc2ccnc(-c3cnn(CCO)c3)c2)cc1F. The van der Waals surface area contributed by atoms with E-state index in [1.54, 1.807) is 59.3 Å². The van der Waals surface area contributed by atoms with E-state index >= 15 is 0 Å². The summed E-state index contributed by atoms with van der Waals surface area (Å²) in [7, 11) is 1.73. The predicted molar refractivity (Wildman–Crippen MR) is 134 cm³/mol. The monoisotopic (exact) mass is 493 g/mol. The van der Waals surface area contributed by atoms with Crippen molar-refractivity contribution in [3.8, 4) is 22.8 Å². The second kappa shape index (κ2) is 10.2. The summed E-state index contributed by atoms with van der Waals surface area (Å²) in [5, 5.41) is 22.8. The van der Waals surface area contributed by atoms with Gasteiger partial charge in [-0.2, -0.15) is 10.2 Å². The van der Waals surface area contributed by atoms with E-state index in [2.05, 4.69) is 25.8 Å². The van der Waals surface area contributed by atoms with Crippen LogP contribution in [0, 0.1) is 5.82 Å². The number of aryl methyl sites for hydroxylation is 1. The van der Waals surface area contributed by atoms with Gasteiger partial charge < -0.3 is 15.2 Å². The van der Waals surface area contributed by atoms with Gasteiger partial charge in [-0.1, -0.05) is 20.8 Å². The number of hydrogen-bond donors (Lipinski definition) is 3. The summed E-state index contributed by atoms with van der Waals surface area (Å²) in [6.45, 7) is 6.44. The Morgan fingerprint density at radius 1 is 1.14 bits per heavy atom. The molecule has 10 nitrogen and oxygen atoms in total. The molecule has 3 N–H and O–H groups in total. The van der Waals surface area contributed by atoms with Crippen LogP contribution >= 0.6 is 0 Å². The Kier molecular flexibility index (Phi) is 7.02. The molecule has 0 spiro atoms. The van der Waals surface area contributed by atoms with E-state index in [-0.39, 0.29) is 23.5 Å². The summed E-state index contributed by atoms with van der Waals surface area (Å²) in [6, 6.07) is 8.72. The summed E-state index contributed by atoms with van der Waals surface area (Å²) in [4.78, 5) is 16.8. The molecule has 0 bridgehead atoms. The molecule has 3 heterocycles.